The van der Waals surface area contributed by atoms with Gasteiger partial charge in [0.2, 0.25) is 5.78 Å². The molecule has 1 fully saturated rings. The van der Waals surface area contributed by atoms with Crippen molar-refractivity contribution in [2.45, 2.75) is 59.4 Å². The number of hydrogen-bond donors (Lipinski definition) is 3. The summed E-state index contributed by atoms with van der Waals surface area (Å²) in [4.78, 5) is 21.0. The van der Waals surface area contributed by atoms with Crippen LogP contribution in [0.4, 0.5) is 11.4 Å². The number of nitrogens with zero attached hydrogens (tertiary/aromatic N) is 2. The van der Waals surface area contributed by atoms with Crippen LogP contribution >= 0.6 is 0 Å². The monoisotopic (exact) mass is 589 g/mol. The Bertz CT molecular complexity index is 1540. The fourth-order valence-electron chi connectivity index (χ4n) is 5.80. The summed E-state index contributed by atoms with van der Waals surface area (Å²) in [6.07, 6.45) is 3.54. The predicted octanol–water partition coefficient (Wildman–Crippen LogP) is 7.63. The zero-order valence-corrected chi connectivity index (χ0v) is 27.0. The standard InChI is InChI=1S/C38H47N5O/c1-7-29-15-20-35(42-37(36(29)44)41-32-18-11-28(12-19-32)25-43-23-21-39-22-24-43)33-9-8-10-34(26(33)2)40-27(3)30-13-16-31(17-14-30)38(4,5)6/h8-14,16-20,29,39-40H,3,7,15,21-25H2,1-2,4-6H3,(H,41,42). The van der Waals surface area contributed by atoms with Crippen molar-refractivity contribution in [2.75, 3.05) is 36.8 Å². The van der Waals surface area contributed by atoms with E-state index in [1.165, 1.54) is 11.1 Å². The molecule has 2 heterocycles. The summed E-state index contributed by atoms with van der Waals surface area (Å²) >= 11 is 0. The minimum Gasteiger partial charge on any atom is -0.355 e. The molecule has 1 saturated heterocycles. The van der Waals surface area contributed by atoms with Gasteiger partial charge in [0, 0.05) is 61.3 Å². The molecule has 1 atom stereocenters. The third-order valence-corrected chi connectivity index (χ3v) is 8.75. The van der Waals surface area contributed by atoms with Gasteiger partial charge in [0.05, 0.1) is 5.70 Å². The van der Waals surface area contributed by atoms with Crippen LogP contribution < -0.4 is 16.0 Å². The van der Waals surface area contributed by atoms with E-state index < -0.39 is 0 Å². The minimum atomic E-state index is -0.108. The zero-order valence-electron chi connectivity index (χ0n) is 27.0. The number of anilines is 2. The molecule has 1 unspecified atom stereocenters. The van der Waals surface area contributed by atoms with Crippen molar-refractivity contribution < 1.29 is 4.79 Å². The molecule has 0 aromatic heterocycles. The molecule has 0 radical (unpaired) electrons. The normalized spacial score (nSPS) is 17.8. The molecule has 0 amide bonds. The van der Waals surface area contributed by atoms with Crippen molar-refractivity contribution in [3.05, 3.63) is 107 Å². The number of aliphatic imine (C=N–C) groups is 1. The Balaban J connectivity index is 1.35. The van der Waals surface area contributed by atoms with Crippen molar-refractivity contribution in [1.29, 1.82) is 0 Å². The summed E-state index contributed by atoms with van der Waals surface area (Å²) in [6, 6.07) is 23.2. The van der Waals surface area contributed by atoms with Gasteiger partial charge in [-0.25, -0.2) is 4.99 Å². The number of carbonyl (C=O) groups excluding carboxylic acids is 1. The van der Waals surface area contributed by atoms with E-state index in [-0.39, 0.29) is 17.1 Å². The number of nitrogens with one attached hydrogen (secondary N) is 3. The van der Waals surface area contributed by atoms with Gasteiger partial charge in [-0.2, -0.15) is 0 Å². The number of ketones is 1. The molecule has 0 aliphatic carbocycles. The van der Waals surface area contributed by atoms with Crippen molar-refractivity contribution >= 4 is 34.4 Å². The van der Waals surface area contributed by atoms with Gasteiger partial charge in [0.1, 0.15) is 0 Å². The number of hydrogen-bond acceptors (Lipinski definition) is 6. The maximum Gasteiger partial charge on any atom is 0.201 e. The quantitative estimate of drug-likeness (QED) is 0.252. The molecule has 0 spiro atoms. The smallest absolute Gasteiger partial charge is 0.201 e. The highest BCUT2D eigenvalue weighted by Crippen LogP contribution is 2.32. The largest absolute Gasteiger partial charge is 0.355 e. The Morgan fingerprint density at radius 1 is 1.02 bits per heavy atom. The summed E-state index contributed by atoms with van der Waals surface area (Å²) in [7, 11) is 0. The fourth-order valence-corrected chi connectivity index (χ4v) is 5.80. The van der Waals surface area contributed by atoms with Crippen LogP contribution in [0.5, 0.6) is 0 Å². The Morgan fingerprint density at radius 2 is 1.73 bits per heavy atom. The average molecular weight is 590 g/mol. The van der Waals surface area contributed by atoms with E-state index in [0.29, 0.717) is 12.3 Å². The SMILES string of the molecule is C=C(Nc1cccc(C2=CCC(CC)C(=O)C(Nc3ccc(CN4CCNCC4)cc3)=N2)c1C)c1ccc(C(C)(C)C)cc1. The van der Waals surface area contributed by atoms with Crippen molar-refractivity contribution in [2.24, 2.45) is 10.9 Å². The first-order chi connectivity index (χ1) is 21.1. The highest BCUT2D eigenvalue weighted by atomic mass is 16.1. The van der Waals surface area contributed by atoms with Crippen molar-refractivity contribution in [3.63, 3.8) is 0 Å². The molecule has 0 bridgehead atoms. The van der Waals surface area contributed by atoms with Crippen LogP contribution in [0.1, 0.15) is 68.4 Å². The van der Waals surface area contributed by atoms with Crippen LogP contribution in [-0.2, 0) is 16.8 Å². The number of piperazine rings is 1. The van der Waals surface area contributed by atoms with Crippen LogP contribution in [0.25, 0.3) is 11.4 Å². The van der Waals surface area contributed by atoms with E-state index in [1.807, 2.05) is 6.07 Å². The first kappa shape index (κ1) is 31.4. The highest BCUT2D eigenvalue weighted by molar-refractivity contribution is 6.44. The fraction of sp³-hybridized carbons (Fsp3) is 0.368. The van der Waals surface area contributed by atoms with Crippen LogP contribution in [0.15, 0.2) is 84.4 Å². The van der Waals surface area contributed by atoms with Gasteiger partial charge in [-0.15, -0.1) is 0 Å². The number of amidine groups is 1. The van der Waals surface area contributed by atoms with Crippen molar-refractivity contribution in [1.82, 2.24) is 10.2 Å². The van der Waals surface area contributed by atoms with Gasteiger partial charge < -0.3 is 16.0 Å². The first-order valence-electron chi connectivity index (χ1n) is 15.9. The lowest BCUT2D eigenvalue weighted by atomic mass is 9.86. The maximum absolute atomic E-state index is 13.6. The van der Waals surface area contributed by atoms with E-state index in [2.05, 4.69) is 129 Å². The van der Waals surface area contributed by atoms with Gasteiger partial charge in [0.15, 0.2) is 5.84 Å². The molecule has 0 saturated carbocycles. The number of carbonyl (C=O) groups is 1. The summed E-state index contributed by atoms with van der Waals surface area (Å²) in [6.45, 7) is 20.3. The Labute approximate surface area is 263 Å². The molecular formula is C38H47N5O. The first-order valence-corrected chi connectivity index (χ1v) is 15.9. The third-order valence-electron chi connectivity index (χ3n) is 8.75. The van der Waals surface area contributed by atoms with Gasteiger partial charge in [-0.1, -0.05) is 88.9 Å². The number of allylic oxidation sites excluding steroid dienone is 1. The van der Waals surface area contributed by atoms with E-state index in [0.717, 1.165) is 78.6 Å². The minimum absolute atomic E-state index is 0.0580. The lowest BCUT2D eigenvalue weighted by Crippen LogP contribution is -2.42. The molecule has 5 rings (SSSR count). The van der Waals surface area contributed by atoms with Gasteiger partial charge in [0.25, 0.3) is 0 Å². The number of rotatable bonds is 8. The second-order valence-electron chi connectivity index (χ2n) is 13.0. The Hall–Kier alpha value is -4.00. The van der Waals surface area contributed by atoms with E-state index >= 15 is 0 Å². The number of Topliss-reactive ketones (excluding diaryl/α,β-unsaturated/α-hetero) is 1. The molecule has 2 aliphatic rings. The topological polar surface area (TPSA) is 68.8 Å². The van der Waals surface area contributed by atoms with Crippen LogP contribution in [-0.4, -0.2) is 42.7 Å². The Kier molecular flexibility index (Phi) is 9.82. The van der Waals surface area contributed by atoms with Gasteiger partial charge in [-0.3, -0.25) is 9.69 Å². The summed E-state index contributed by atoms with van der Waals surface area (Å²) in [5.74, 6) is 0.349. The average Bonchev–Trinajstić information content (AvgIpc) is 3.17. The molecule has 3 aromatic carbocycles. The molecule has 3 aromatic rings. The van der Waals surface area contributed by atoms with E-state index in [9.17, 15) is 4.79 Å². The number of benzene rings is 3. The van der Waals surface area contributed by atoms with E-state index in [1.54, 1.807) is 0 Å². The van der Waals surface area contributed by atoms with Crippen LogP contribution in [0.3, 0.4) is 0 Å². The lowest BCUT2D eigenvalue weighted by molar-refractivity contribution is -0.116. The molecule has 6 heteroatoms. The summed E-state index contributed by atoms with van der Waals surface area (Å²) < 4.78 is 0. The summed E-state index contributed by atoms with van der Waals surface area (Å²) in [5, 5.41) is 10.3. The second-order valence-corrected chi connectivity index (χ2v) is 13.0. The molecule has 6 nitrogen and oxygen atoms in total. The molecular weight excluding hydrogens is 542 g/mol. The maximum atomic E-state index is 13.6. The van der Waals surface area contributed by atoms with Crippen LogP contribution in [0, 0.1) is 12.8 Å². The second kappa shape index (κ2) is 13.7. The zero-order chi connectivity index (χ0) is 31.3. The van der Waals surface area contributed by atoms with Crippen LogP contribution in [0.2, 0.25) is 0 Å². The third kappa shape index (κ3) is 7.55. The van der Waals surface area contributed by atoms with Gasteiger partial charge in [-0.05, 0) is 65.6 Å². The summed E-state index contributed by atoms with van der Waals surface area (Å²) in [5.41, 5.74) is 9.28. The molecule has 2 aliphatic heterocycles. The van der Waals surface area contributed by atoms with Gasteiger partial charge >= 0.3 is 0 Å². The lowest BCUT2D eigenvalue weighted by Gasteiger charge is -2.27. The Morgan fingerprint density at radius 3 is 2.39 bits per heavy atom. The van der Waals surface area contributed by atoms with Crippen molar-refractivity contribution in [3.8, 4) is 0 Å². The highest BCUT2D eigenvalue weighted by Gasteiger charge is 2.26. The molecule has 3 N–H and O–H groups in total. The molecule has 230 valence electrons. The molecule has 44 heavy (non-hydrogen) atoms. The van der Waals surface area contributed by atoms with E-state index in [4.69, 9.17) is 4.99 Å². The predicted molar refractivity (Wildman–Crippen MR) is 186 cm³/mol.